The number of carbonyl (C=O) groups excluding carboxylic acids is 1. The molecule has 6 heteroatoms. The highest BCUT2D eigenvalue weighted by Crippen LogP contribution is 2.21. The van der Waals surface area contributed by atoms with Crippen molar-refractivity contribution >= 4 is 16.1 Å². The minimum atomic E-state index is -3.89. The highest BCUT2D eigenvalue weighted by Gasteiger charge is 2.27. The number of cyclic esters (lactones) is 1. The van der Waals surface area contributed by atoms with E-state index in [9.17, 15) is 13.2 Å². The van der Waals surface area contributed by atoms with E-state index in [0.29, 0.717) is 6.42 Å². The number of esters is 1. The molecule has 0 amide bonds. The Morgan fingerprint density at radius 1 is 1.32 bits per heavy atom. The van der Waals surface area contributed by atoms with Crippen LogP contribution in [0.3, 0.4) is 0 Å². The molecule has 5 nitrogen and oxygen atoms in total. The Bertz CT molecular complexity index is 613. The predicted octanol–water partition coefficient (Wildman–Crippen LogP) is 1.92. The summed E-state index contributed by atoms with van der Waals surface area (Å²) in [5, 5.41) is 0. The number of hydrogen-bond acceptors (Lipinski definition) is 5. The van der Waals surface area contributed by atoms with Crippen molar-refractivity contribution in [2.75, 3.05) is 0 Å². The van der Waals surface area contributed by atoms with E-state index in [1.165, 1.54) is 12.1 Å². The lowest BCUT2D eigenvalue weighted by Gasteiger charge is -2.03. The minimum absolute atomic E-state index is 0.0503. The van der Waals surface area contributed by atoms with Crippen LogP contribution in [0.1, 0.15) is 18.9 Å². The largest absolute Gasteiger partial charge is 0.459 e. The lowest BCUT2D eigenvalue weighted by Crippen LogP contribution is -2.04. The van der Waals surface area contributed by atoms with Crippen molar-refractivity contribution in [2.24, 2.45) is 0 Å². The van der Waals surface area contributed by atoms with Gasteiger partial charge in [0, 0.05) is 6.42 Å². The van der Waals surface area contributed by atoms with Gasteiger partial charge in [-0.3, -0.25) is 0 Å². The van der Waals surface area contributed by atoms with Gasteiger partial charge in [-0.25, -0.2) is 4.79 Å². The summed E-state index contributed by atoms with van der Waals surface area (Å²) >= 11 is 0. The quantitative estimate of drug-likeness (QED) is 0.366. The lowest BCUT2D eigenvalue weighted by atomic mass is 10.2. The van der Waals surface area contributed by atoms with Crippen LogP contribution in [0.4, 0.5) is 0 Å². The SMILES string of the molecule is Cc1ccc(S(=O)(=O)O/C=C2\CC(C)OC2=O)cc1. The van der Waals surface area contributed by atoms with E-state index >= 15 is 0 Å². The summed E-state index contributed by atoms with van der Waals surface area (Å²) in [6.07, 6.45) is 1.06. The third-order valence-electron chi connectivity index (χ3n) is 2.70. The molecule has 1 fully saturated rings. The molecule has 1 aliphatic heterocycles. The summed E-state index contributed by atoms with van der Waals surface area (Å²) < 4.78 is 33.4. The van der Waals surface area contributed by atoms with Gasteiger partial charge in [0.25, 0.3) is 0 Å². The Kier molecular flexibility index (Phi) is 3.61. The monoisotopic (exact) mass is 282 g/mol. The first kappa shape index (κ1) is 13.6. The van der Waals surface area contributed by atoms with Crippen molar-refractivity contribution in [3.05, 3.63) is 41.7 Å². The van der Waals surface area contributed by atoms with Crippen LogP contribution in [0.15, 0.2) is 41.0 Å². The molecule has 1 atom stereocenters. The molecule has 2 rings (SSSR count). The zero-order chi connectivity index (χ0) is 14.0. The van der Waals surface area contributed by atoms with Gasteiger partial charge in [0.05, 0.1) is 5.57 Å². The van der Waals surface area contributed by atoms with Crippen LogP contribution in [-0.4, -0.2) is 20.5 Å². The third-order valence-corrected chi connectivity index (χ3v) is 3.90. The van der Waals surface area contributed by atoms with Crippen LogP contribution in [-0.2, 0) is 23.8 Å². The first-order valence-electron chi connectivity index (χ1n) is 5.78. The van der Waals surface area contributed by atoms with E-state index in [2.05, 4.69) is 0 Å². The average molecular weight is 282 g/mol. The van der Waals surface area contributed by atoms with Gasteiger partial charge in [-0.15, -0.1) is 0 Å². The van der Waals surface area contributed by atoms with Gasteiger partial charge in [0.2, 0.25) is 0 Å². The number of rotatable bonds is 3. The maximum Gasteiger partial charge on any atom is 0.338 e. The first-order chi connectivity index (χ1) is 8.88. The van der Waals surface area contributed by atoms with E-state index < -0.39 is 16.1 Å². The highest BCUT2D eigenvalue weighted by molar-refractivity contribution is 7.86. The molecule has 0 aliphatic carbocycles. The number of aryl methyl sites for hydroxylation is 1. The van der Waals surface area contributed by atoms with Gasteiger partial charge in [-0.2, -0.15) is 8.42 Å². The van der Waals surface area contributed by atoms with Crippen molar-refractivity contribution in [3.8, 4) is 0 Å². The first-order valence-corrected chi connectivity index (χ1v) is 7.19. The molecule has 1 heterocycles. The maximum atomic E-state index is 11.9. The number of ether oxygens (including phenoxy) is 1. The number of carbonyl (C=O) groups is 1. The van der Waals surface area contributed by atoms with E-state index in [-0.39, 0.29) is 16.6 Å². The van der Waals surface area contributed by atoms with Gasteiger partial charge in [0.1, 0.15) is 17.3 Å². The van der Waals surface area contributed by atoms with Crippen LogP contribution in [0, 0.1) is 6.92 Å². The Morgan fingerprint density at radius 3 is 2.47 bits per heavy atom. The van der Waals surface area contributed by atoms with E-state index in [0.717, 1.165) is 11.8 Å². The highest BCUT2D eigenvalue weighted by atomic mass is 32.2. The zero-order valence-corrected chi connectivity index (χ0v) is 11.4. The van der Waals surface area contributed by atoms with Crippen molar-refractivity contribution in [2.45, 2.75) is 31.3 Å². The van der Waals surface area contributed by atoms with Crippen molar-refractivity contribution in [1.29, 1.82) is 0 Å². The molecule has 19 heavy (non-hydrogen) atoms. The van der Waals surface area contributed by atoms with Gasteiger partial charge in [-0.1, -0.05) is 17.7 Å². The van der Waals surface area contributed by atoms with Crippen LogP contribution < -0.4 is 0 Å². The summed E-state index contributed by atoms with van der Waals surface area (Å²) in [6.45, 7) is 3.59. The van der Waals surface area contributed by atoms with Crippen molar-refractivity contribution < 1.29 is 22.1 Å². The Labute approximate surface area is 112 Å². The maximum absolute atomic E-state index is 11.9. The molecule has 0 saturated carbocycles. The Hall–Kier alpha value is -1.82. The second-order valence-electron chi connectivity index (χ2n) is 4.43. The lowest BCUT2D eigenvalue weighted by molar-refractivity contribution is -0.138. The third kappa shape index (κ3) is 3.14. The molecule has 1 unspecified atom stereocenters. The molecule has 0 spiro atoms. The Morgan fingerprint density at radius 2 is 1.95 bits per heavy atom. The van der Waals surface area contributed by atoms with Gasteiger partial charge >= 0.3 is 16.1 Å². The predicted molar refractivity (Wildman–Crippen MR) is 67.7 cm³/mol. The molecule has 1 aromatic rings. The summed E-state index contributed by atoms with van der Waals surface area (Å²) in [4.78, 5) is 11.4. The van der Waals surface area contributed by atoms with Crippen LogP contribution in [0.25, 0.3) is 0 Å². The summed E-state index contributed by atoms with van der Waals surface area (Å²) in [5.74, 6) is -0.536. The van der Waals surface area contributed by atoms with Crippen LogP contribution >= 0.6 is 0 Å². The number of hydrogen-bond donors (Lipinski definition) is 0. The van der Waals surface area contributed by atoms with Crippen LogP contribution in [0.2, 0.25) is 0 Å². The van der Waals surface area contributed by atoms with E-state index in [4.69, 9.17) is 8.92 Å². The molecule has 0 aromatic heterocycles. The average Bonchev–Trinajstić information content (AvgIpc) is 2.66. The molecule has 0 radical (unpaired) electrons. The van der Waals surface area contributed by atoms with Crippen LogP contribution in [0.5, 0.6) is 0 Å². The molecule has 0 bridgehead atoms. The summed E-state index contributed by atoms with van der Waals surface area (Å²) in [5.41, 5.74) is 1.17. The minimum Gasteiger partial charge on any atom is -0.459 e. The van der Waals surface area contributed by atoms with Gasteiger partial charge < -0.3 is 8.92 Å². The van der Waals surface area contributed by atoms with Crippen molar-refractivity contribution in [3.63, 3.8) is 0 Å². The smallest absolute Gasteiger partial charge is 0.338 e. The second kappa shape index (κ2) is 5.05. The van der Waals surface area contributed by atoms with E-state index in [1.807, 2.05) is 6.92 Å². The van der Waals surface area contributed by atoms with Gasteiger partial charge in [-0.05, 0) is 26.0 Å². The molecule has 0 N–H and O–H groups in total. The molecule has 1 aliphatic rings. The fraction of sp³-hybridized carbons (Fsp3) is 0.308. The van der Waals surface area contributed by atoms with Gasteiger partial charge in [0.15, 0.2) is 0 Å². The Balaban J connectivity index is 2.16. The molecule has 102 valence electrons. The standard InChI is InChI=1S/C13H14O5S/c1-9-3-5-12(6-4-9)19(15,16)17-8-11-7-10(2)18-13(11)14/h3-6,8,10H,7H2,1-2H3/b11-8+. The topological polar surface area (TPSA) is 69.7 Å². The molecular formula is C13H14O5S. The number of benzene rings is 1. The van der Waals surface area contributed by atoms with E-state index in [1.54, 1.807) is 19.1 Å². The zero-order valence-electron chi connectivity index (χ0n) is 10.6. The normalized spacial score (nSPS) is 21.5. The second-order valence-corrected chi connectivity index (χ2v) is 6.00. The summed E-state index contributed by atoms with van der Waals surface area (Å²) in [7, 11) is -3.89. The summed E-state index contributed by atoms with van der Waals surface area (Å²) in [6, 6.07) is 6.27. The fourth-order valence-electron chi connectivity index (χ4n) is 1.67. The fourth-order valence-corrected chi connectivity index (χ4v) is 2.49. The molecule has 1 aromatic carbocycles. The molecular weight excluding hydrogens is 268 g/mol. The molecule has 1 saturated heterocycles. The van der Waals surface area contributed by atoms with Crippen molar-refractivity contribution in [1.82, 2.24) is 0 Å².